The largest absolute Gasteiger partial charge is 0.341 e. The minimum absolute atomic E-state index is 0.0651. The summed E-state index contributed by atoms with van der Waals surface area (Å²) in [6.07, 6.45) is 6.20. The Morgan fingerprint density at radius 2 is 2.32 bits per heavy atom. The van der Waals surface area contributed by atoms with Crippen molar-refractivity contribution < 1.29 is 4.79 Å². The zero-order chi connectivity index (χ0) is 18.0. The highest BCUT2D eigenvalue weighted by Crippen LogP contribution is 2.35. The van der Waals surface area contributed by atoms with Crippen LogP contribution < -0.4 is 0 Å². The molecular formula is C18H23N5OS. The maximum atomic E-state index is 12.7. The van der Waals surface area contributed by atoms with E-state index in [1.54, 1.807) is 16.3 Å². The number of piperidine rings is 1. The van der Waals surface area contributed by atoms with Gasteiger partial charge in [0.05, 0.1) is 11.8 Å². The van der Waals surface area contributed by atoms with Gasteiger partial charge in [-0.15, -0.1) is 11.3 Å². The van der Waals surface area contributed by atoms with Crippen LogP contribution in [-0.4, -0.2) is 52.7 Å². The Morgan fingerprint density at radius 3 is 3.00 bits per heavy atom. The third-order valence-electron chi connectivity index (χ3n) is 4.91. The predicted molar refractivity (Wildman–Crippen MR) is 97.3 cm³/mol. The average molecular weight is 357 g/mol. The van der Waals surface area contributed by atoms with Gasteiger partial charge in [0.25, 0.3) is 5.91 Å². The van der Waals surface area contributed by atoms with Gasteiger partial charge in [0.15, 0.2) is 0 Å². The number of hydrogen-bond acceptors (Lipinski definition) is 5. The molecule has 25 heavy (non-hydrogen) atoms. The average Bonchev–Trinajstić information content (AvgIpc) is 3.22. The Balaban J connectivity index is 1.77. The maximum Gasteiger partial charge on any atom is 0.265 e. The molecule has 1 saturated heterocycles. The van der Waals surface area contributed by atoms with E-state index in [0.717, 1.165) is 19.4 Å². The van der Waals surface area contributed by atoms with Crippen molar-refractivity contribution in [3.05, 3.63) is 39.8 Å². The monoisotopic (exact) mass is 357 g/mol. The summed E-state index contributed by atoms with van der Waals surface area (Å²) in [7, 11) is 5.90. The maximum absolute atomic E-state index is 12.7. The minimum Gasteiger partial charge on any atom is -0.341 e. The predicted octanol–water partition coefficient (Wildman–Crippen LogP) is 2.51. The van der Waals surface area contributed by atoms with Crippen LogP contribution in [0.15, 0.2) is 23.8 Å². The first-order valence-electron chi connectivity index (χ1n) is 8.43. The van der Waals surface area contributed by atoms with E-state index in [2.05, 4.69) is 29.3 Å². The van der Waals surface area contributed by atoms with E-state index in [9.17, 15) is 4.79 Å². The summed E-state index contributed by atoms with van der Waals surface area (Å²) >= 11 is 1.34. The number of carbonyl (C=O) groups is 1. The smallest absolute Gasteiger partial charge is 0.265 e. The Hall–Kier alpha value is -2.17. The number of carbonyl (C=O) groups excluding carboxylic acids is 1. The lowest BCUT2D eigenvalue weighted by Crippen LogP contribution is -2.42. The number of rotatable bonds is 4. The van der Waals surface area contributed by atoms with E-state index in [4.69, 9.17) is 5.26 Å². The van der Waals surface area contributed by atoms with Crippen molar-refractivity contribution in [3.8, 4) is 6.07 Å². The summed E-state index contributed by atoms with van der Waals surface area (Å²) in [5.74, 6) is 0.284. The Bertz CT molecular complexity index is 789. The lowest BCUT2D eigenvalue weighted by atomic mass is 9.85. The molecule has 0 unspecified atom stereocenters. The third-order valence-corrected chi connectivity index (χ3v) is 5.81. The summed E-state index contributed by atoms with van der Waals surface area (Å²) in [6, 6.07) is 4.07. The van der Waals surface area contributed by atoms with Crippen LogP contribution in [0, 0.1) is 17.2 Å². The number of likely N-dealkylation sites (tertiary alicyclic amines) is 1. The SMILES string of the molecule is CN(C[C@@H]1CCCN(C)[C@H]1c1cnn(C)c1)C(=O)c1sccc1C#N. The molecule has 3 heterocycles. The van der Waals surface area contributed by atoms with Gasteiger partial charge in [0.1, 0.15) is 10.9 Å². The quantitative estimate of drug-likeness (QED) is 0.843. The van der Waals surface area contributed by atoms with E-state index in [1.165, 1.54) is 16.9 Å². The number of aromatic nitrogens is 2. The molecule has 7 heteroatoms. The van der Waals surface area contributed by atoms with Gasteiger partial charge >= 0.3 is 0 Å². The zero-order valence-electron chi connectivity index (χ0n) is 14.8. The number of hydrogen-bond donors (Lipinski definition) is 0. The summed E-state index contributed by atoms with van der Waals surface area (Å²) < 4.78 is 1.83. The molecule has 2 aromatic rings. The van der Waals surface area contributed by atoms with Crippen molar-refractivity contribution in [2.24, 2.45) is 13.0 Å². The van der Waals surface area contributed by atoms with Crippen LogP contribution in [-0.2, 0) is 7.05 Å². The minimum atomic E-state index is -0.0651. The molecule has 0 saturated carbocycles. The highest BCUT2D eigenvalue weighted by atomic mass is 32.1. The van der Waals surface area contributed by atoms with Gasteiger partial charge < -0.3 is 4.90 Å². The highest BCUT2D eigenvalue weighted by Gasteiger charge is 2.33. The van der Waals surface area contributed by atoms with Crippen LogP contribution in [0.25, 0.3) is 0 Å². The Labute approximate surface area is 152 Å². The number of amides is 1. The van der Waals surface area contributed by atoms with Crippen LogP contribution in [0.4, 0.5) is 0 Å². The normalized spacial score (nSPS) is 21.0. The molecule has 1 fully saturated rings. The van der Waals surface area contributed by atoms with E-state index < -0.39 is 0 Å². The van der Waals surface area contributed by atoms with Crippen molar-refractivity contribution >= 4 is 17.2 Å². The van der Waals surface area contributed by atoms with Crippen molar-refractivity contribution in [2.75, 3.05) is 27.2 Å². The molecule has 2 aromatic heterocycles. The lowest BCUT2D eigenvalue weighted by molar-refractivity contribution is 0.0649. The first kappa shape index (κ1) is 17.6. The summed E-state index contributed by atoms with van der Waals surface area (Å²) in [5, 5.41) is 15.3. The molecule has 3 rings (SSSR count). The second kappa shape index (κ2) is 7.38. The van der Waals surface area contributed by atoms with Crippen LogP contribution in [0.3, 0.4) is 0 Å². The van der Waals surface area contributed by atoms with E-state index in [0.29, 0.717) is 22.9 Å². The number of aryl methyl sites for hydroxylation is 1. The van der Waals surface area contributed by atoms with E-state index >= 15 is 0 Å². The summed E-state index contributed by atoms with van der Waals surface area (Å²) in [5.41, 5.74) is 1.66. The molecule has 1 amide bonds. The number of thiophene rings is 1. The van der Waals surface area contributed by atoms with Crippen molar-refractivity contribution in [1.29, 1.82) is 5.26 Å². The van der Waals surface area contributed by atoms with Crippen LogP contribution in [0.2, 0.25) is 0 Å². The van der Waals surface area contributed by atoms with Crippen LogP contribution in [0.5, 0.6) is 0 Å². The van der Waals surface area contributed by atoms with E-state index in [1.807, 2.05) is 25.0 Å². The van der Waals surface area contributed by atoms with Crippen molar-refractivity contribution in [3.63, 3.8) is 0 Å². The van der Waals surface area contributed by atoms with E-state index in [-0.39, 0.29) is 11.9 Å². The molecular weight excluding hydrogens is 334 g/mol. The molecule has 2 atom stereocenters. The molecule has 0 radical (unpaired) electrons. The zero-order valence-corrected chi connectivity index (χ0v) is 15.7. The van der Waals surface area contributed by atoms with Gasteiger partial charge in [-0.2, -0.15) is 10.4 Å². The van der Waals surface area contributed by atoms with Gasteiger partial charge in [-0.25, -0.2) is 0 Å². The highest BCUT2D eigenvalue weighted by molar-refractivity contribution is 7.12. The standard InChI is InChI=1S/C18H23N5OS/c1-21-7-4-5-14(16(21)15-10-20-23(3)12-15)11-22(2)18(24)17-13(9-19)6-8-25-17/h6,8,10,12,14,16H,4-5,7,11H2,1-3H3/t14-,16+/m0/s1. The third kappa shape index (κ3) is 3.60. The number of nitrogens with zero attached hydrogens (tertiary/aromatic N) is 5. The van der Waals surface area contributed by atoms with Gasteiger partial charge in [-0.05, 0) is 43.8 Å². The lowest BCUT2D eigenvalue weighted by Gasteiger charge is -2.40. The van der Waals surface area contributed by atoms with Gasteiger partial charge in [0, 0.05) is 38.4 Å². The second-order valence-corrected chi connectivity index (χ2v) is 7.65. The molecule has 1 aliphatic heterocycles. The summed E-state index contributed by atoms with van der Waals surface area (Å²) in [6.45, 7) is 1.72. The van der Waals surface area contributed by atoms with Gasteiger partial charge in [-0.3, -0.25) is 14.4 Å². The van der Waals surface area contributed by atoms with Crippen LogP contribution >= 0.6 is 11.3 Å². The number of nitriles is 1. The Morgan fingerprint density at radius 1 is 1.52 bits per heavy atom. The first-order valence-corrected chi connectivity index (χ1v) is 9.31. The molecule has 0 spiro atoms. The molecule has 132 valence electrons. The molecule has 0 aliphatic carbocycles. The second-order valence-electron chi connectivity index (χ2n) is 6.74. The fourth-order valence-electron chi connectivity index (χ4n) is 3.74. The van der Waals surface area contributed by atoms with Crippen molar-refractivity contribution in [1.82, 2.24) is 19.6 Å². The molecule has 0 N–H and O–H groups in total. The van der Waals surface area contributed by atoms with Crippen molar-refractivity contribution in [2.45, 2.75) is 18.9 Å². The fraction of sp³-hybridized carbons (Fsp3) is 0.500. The van der Waals surface area contributed by atoms with Gasteiger partial charge in [0.2, 0.25) is 0 Å². The first-order chi connectivity index (χ1) is 12.0. The molecule has 1 aliphatic rings. The molecule has 6 nitrogen and oxygen atoms in total. The fourth-order valence-corrected chi connectivity index (χ4v) is 4.58. The van der Waals surface area contributed by atoms with Crippen LogP contribution in [0.1, 0.15) is 39.7 Å². The van der Waals surface area contributed by atoms with Gasteiger partial charge in [-0.1, -0.05) is 0 Å². The Kier molecular flexibility index (Phi) is 5.21. The molecule has 0 aromatic carbocycles. The molecule has 0 bridgehead atoms. The topological polar surface area (TPSA) is 65.2 Å². The summed E-state index contributed by atoms with van der Waals surface area (Å²) in [4.78, 5) is 17.4.